The zero-order valence-corrected chi connectivity index (χ0v) is 12.9. The number of aromatic nitrogens is 2. The third kappa shape index (κ3) is 3.10. The highest BCUT2D eigenvalue weighted by Crippen LogP contribution is 2.31. The van der Waals surface area contributed by atoms with Gasteiger partial charge in [0, 0.05) is 12.0 Å². The molecule has 0 aliphatic heterocycles. The van der Waals surface area contributed by atoms with Crippen LogP contribution in [0.5, 0.6) is 5.75 Å². The standard InChI is InChI=1S/C18H18FN3O/c1-23-18-5-3-2-4-16(18)17-12-14(10-11-20)21-22(17)15-8-6-13(19)7-9-15/h2-9,12H,10-11,20H2,1H3. The lowest BCUT2D eigenvalue weighted by atomic mass is 10.1. The summed E-state index contributed by atoms with van der Waals surface area (Å²) in [6, 6.07) is 16.0. The number of rotatable bonds is 5. The van der Waals surface area contributed by atoms with Gasteiger partial charge in [0.25, 0.3) is 0 Å². The maximum absolute atomic E-state index is 13.2. The molecular formula is C18H18FN3O. The third-order valence-electron chi connectivity index (χ3n) is 3.61. The first-order valence-electron chi connectivity index (χ1n) is 7.41. The number of benzene rings is 2. The van der Waals surface area contributed by atoms with Crippen molar-refractivity contribution >= 4 is 0 Å². The predicted molar refractivity (Wildman–Crippen MR) is 88.3 cm³/mol. The zero-order chi connectivity index (χ0) is 16.2. The fourth-order valence-corrected chi connectivity index (χ4v) is 2.53. The number of hydrogen-bond donors (Lipinski definition) is 1. The molecule has 0 aliphatic rings. The highest BCUT2D eigenvalue weighted by atomic mass is 19.1. The van der Waals surface area contributed by atoms with Crippen LogP contribution in [0.15, 0.2) is 54.6 Å². The summed E-state index contributed by atoms with van der Waals surface area (Å²) in [7, 11) is 1.64. The summed E-state index contributed by atoms with van der Waals surface area (Å²) >= 11 is 0. The van der Waals surface area contributed by atoms with Crippen molar-refractivity contribution in [3.8, 4) is 22.7 Å². The first-order chi connectivity index (χ1) is 11.2. The summed E-state index contributed by atoms with van der Waals surface area (Å²) in [4.78, 5) is 0. The van der Waals surface area contributed by atoms with Crippen LogP contribution in [-0.2, 0) is 6.42 Å². The number of para-hydroxylation sites is 1. The quantitative estimate of drug-likeness (QED) is 0.787. The Labute approximate surface area is 134 Å². The Morgan fingerprint density at radius 2 is 1.87 bits per heavy atom. The maximum Gasteiger partial charge on any atom is 0.128 e. The van der Waals surface area contributed by atoms with Gasteiger partial charge < -0.3 is 10.5 Å². The van der Waals surface area contributed by atoms with Gasteiger partial charge in [-0.25, -0.2) is 9.07 Å². The largest absolute Gasteiger partial charge is 0.496 e. The van der Waals surface area contributed by atoms with Crippen LogP contribution in [0.25, 0.3) is 16.9 Å². The Kier molecular flexibility index (Phi) is 4.39. The molecule has 1 heterocycles. The first-order valence-corrected chi connectivity index (χ1v) is 7.41. The Morgan fingerprint density at radius 1 is 1.13 bits per heavy atom. The molecule has 0 saturated heterocycles. The van der Waals surface area contributed by atoms with E-state index in [0.29, 0.717) is 13.0 Å². The van der Waals surface area contributed by atoms with Gasteiger partial charge in [-0.05, 0) is 49.0 Å². The number of nitrogens with zero attached hydrogens (tertiary/aromatic N) is 2. The first kappa shape index (κ1) is 15.2. The smallest absolute Gasteiger partial charge is 0.128 e. The van der Waals surface area contributed by atoms with E-state index in [4.69, 9.17) is 10.5 Å². The molecule has 0 bridgehead atoms. The SMILES string of the molecule is COc1ccccc1-c1cc(CCN)nn1-c1ccc(F)cc1. The van der Waals surface area contributed by atoms with Gasteiger partial charge in [-0.2, -0.15) is 5.10 Å². The summed E-state index contributed by atoms with van der Waals surface area (Å²) < 4.78 is 20.5. The van der Waals surface area contributed by atoms with Gasteiger partial charge in [0.1, 0.15) is 11.6 Å². The van der Waals surface area contributed by atoms with Crippen LogP contribution >= 0.6 is 0 Å². The van der Waals surface area contributed by atoms with Crippen molar-refractivity contribution in [2.45, 2.75) is 6.42 Å². The van der Waals surface area contributed by atoms with Crippen LogP contribution in [0.3, 0.4) is 0 Å². The molecule has 3 aromatic rings. The molecule has 0 saturated carbocycles. The molecular weight excluding hydrogens is 293 g/mol. The molecule has 5 heteroatoms. The monoisotopic (exact) mass is 311 g/mol. The molecule has 0 amide bonds. The zero-order valence-electron chi connectivity index (χ0n) is 12.9. The van der Waals surface area contributed by atoms with E-state index < -0.39 is 0 Å². The Morgan fingerprint density at radius 3 is 2.57 bits per heavy atom. The topological polar surface area (TPSA) is 53.1 Å². The van der Waals surface area contributed by atoms with Gasteiger partial charge in [-0.1, -0.05) is 12.1 Å². The molecule has 0 spiro atoms. The Hall–Kier alpha value is -2.66. The summed E-state index contributed by atoms with van der Waals surface area (Å²) in [6.07, 6.45) is 0.677. The molecule has 118 valence electrons. The second kappa shape index (κ2) is 6.62. The van der Waals surface area contributed by atoms with Crippen molar-refractivity contribution in [3.05, 3.63) is 66.1 Å². The minimum atomic E-state index is -0.276. The molecule has 4 nitrogen and oxygen atoms in total. The van der Waals surface area contributed by atoms with E-state index in [0.717, 1.165) is 28.4 Å². The summed E-state index contributed by atoms with van der Waals surface area (Å²) in [6.45, 7) is 0.520. The average Bonchev–Trinajstić information content (AvgIpc) is 2.99. The van der Waals surface area contributed by atoms with Crippen molar-refractivity contribution in [3.63, 3.8) is 0 Å². The van der Waals surface area contributed by atoms with Crippen LogP contribution in [0.2, 0.25) is 0 Å². The predicted octanol–water partition coefficient (Wildman–Crippen LogP) is 3.19. The van der Waals surface area contributed by atoms with E-state index in [2.05, 4.69) is 5.10 Å². The van der Waals surface area contributed by atoms with Gasteiger partial charge in [0.15, 0.2) is 0 Å². The number of ether oxygens (including phenoxy) is 1. The summed E-state index contributed by atoms with van der Waals surface area (Å²) in [5, 5.41) is 4.61. The van der Waals surface area contributed by atoms with E-state index in [9.17, 15) is 4.39 Å². The highest BCUT2D eigenvalue weighted by molar-refractivity contribution is 5.69. The maximum atomic E-state index is 13.2. The Bertz CT molecular complexity index is 796. The second-order valence-corrected chi connectivity index (χ2v) is 5.15. The lowest BCUT2D eigenvalue weighted by Crippen LogP contribution is -2.04. The molecule has 3 rings (SSSR count). The van der Waals surface area contributed by atoms with Gasteiger partial charge in [0.2, 0.25) is 0 Å². The molecule has 2 N–H and O–H groups in total. The van der Waals surface area contributed by atoms with Crippen LogP contribution < -0.4 is 10.5 Å². The fourth-order valence-electron chi connectivity index (χ4n) is 2.53. The molecule has 1 aromatic heterocycles. The Balaban J connectivity index is 2.16. The van der Waals surface area contributed by atoms with Gasteiger partial charge in [0.05, 0.1) is 24.2 Å². The molecule has 0 fully saturated rings. The van der Waals surface area contributed by atoms with Crippen LogP contribution in [-0.4, -0.2) is 23.4 Å². The van der Waals surface area contributed by atoms with Crippen molar-refractivity contribution in [1.82, 2.24) is 9.78 Å². The van der Waals surface area contributed by atoms with Crippen molar-refractivity contribution in [1.29, 1.82) is 0 Å². The van der Waals surface area contributed by atoms with Gasteiger partial charge in [-0.15, -0.1) is 0 Å². The van der Waals surface area contributed by atoms with Crippen molar-refractivity contribution in [2.24, 2.45) is 5.73 Å². The lowest BCUT2D eigenvalue weighted by molar-refractivity contribution is 0.416. The van der Waals surface area contributed by atoms with Crippen LogP contribution in [0, 0.1) is 5.82 Å². The minimum Gasteiger partial charge on any atom is -0.496 e. The molecule has 0 aliphatic carbocycles. The molecule has 23 heavy (non-hydrogen) atoms. The second-order valence-electron chi connectivity index (χ2n) is 5.15. The van der Waals surface area contributed by atoms with E-state index in [-0.39, 0.29) is 5.82 Å². The highest BCUT2D eigenvalue weighted by Gasteiger charge is 2.15. The lowest BCUT2D eigenvalue weighted by Gasteiger charge is -2.11. The van der Waals surface area contributed by atoms with Crippen molar-refractivity contribution in [2.75, 3.05) is 13.7 Å². The van der Waals surface area contributed by atoms with E-state index in [1.807, 2.05) is 30.3 Å². The third-order valence-corrected chi connectivity index (χ3v) is 3.61. The number of nitrogens with two attached hydrogens (primary N) is 1. The molecule has 0 radical (unpaired) electrons. The van der Waals surface area contributed by atoms with Crippen LogP contribution in [0.4, 0.5) is 4.39 Å². The van der Waals surface area contributed by atoms with E-state index >= 15 is 0 Å². The number of methoxy groups -OCH3 is 1. The fraction of sp³-hybridized carbons (Fsp3) is 0.167. The van der Waals surface area contributed by atoms with Gasteiger partial charge >= 0.3 is 0 Å². The number of hydrogen-bond acceptors (Lipinski definition) is 3. The van der Waals surface area contributed by atoms with E-state index in [1.165, 1.54) is 12.1 Å². The van der Waals surface area contributed by atoms with Crippen molar-refractivity contribution < 1.29 is 9.13 Å². The summed E-state index contributed by atoms with van der Waals surface area (Å²) in [5.74, 6) is 0.483. The molecule has 0 atom stereocenters. The molecule has 2 aromatic carbocycles. The van der Waals surface area contributed by atoms with E-state index in [1.54, 1.807) is 23.9 Å². The summed E-state index contributed by atoms with van der Waals surface area (Å²) in [5.41, 5.74) is 9.14. The normalized spacial score (nSPS) is 10.7. The van der Waals surface area contributed by atoms with Crippen LogP contribution in [0.1, 0.15) is 5.69 Å². The average molecular weight is 311 g/mol. The minimum absolute atomic E-state index is 0.276. The number of halogens is 1. The molecule has 0 unspecified atom stereocenters. The van der Waals surface area contributed by atoms with Gasteiger partial charge in [-0.3, -0.25) is 0 Å².